The zero-order valence-corrected chi connectivity index (χ0v) is 9.48. The first-order valence-electron chi connectivity index (χ1n) is 4.90. The van der Waals surface area contributed by atoms with Gasteiger partial charge in [-0.05, 0) is 55.6 Å². The lowest BCUT2D eigenvalue weighted by atomic mass is 9.95. The number of rotatable bonds is 3. The molecule has 0 saturated carbocycles. The molecule has 76 valence electrons. The van der Waals surface area contributed by atoms with Gasteiger partial charge in [0.05, 0.1) is 0 Å². The predicted octanol–water partition coefficient (Wildman–Crippen LogP) is 2.74. The summed E-state index contributed by atoms with van der Waals surface area (Å²) in [5, 5.41) is 3.24. The molecule has 14 heavy (non-hydrogen) atoms. The molecule has 2 rings (SSSR count). The topological polar surface area (TPSA) is 12.0 Å². The van der Waals surface area contributed by atoms with Gasteiger partial charge >= 0.3 is 0 Å². The molecule has 0 bridgehead atoms. The van der Waals surface area contributed by atoms with E-state index in [0.717, 1.165) is 41.9 Å². The van der Waals surface area contributed by atoms with Crippen molar-refractivity contribution in [3.63, 3.8) is 0 Å². The van der Waals surface area contributed by atoms with Gasteiger partial charge in [0, 0.05) is 4.47 Å². The van der Waals surface area contributed by atoms with E-state index in [0.29, 0.717) is 0 Å². The van der Waals surface area contributed by atoms with Gasteiger partial charge in [-0.15, -0.1) is 0 Å². The molecule has 1 aromatic rings. The molecule has 1 aliphatic heterocycles. The fourth-order valence-corrected chi connectivity index (χ4v) is 2.09. The summed E-state index contributed by atoms with van der Waals surface area (Å²) in [6.07, 6.45) is 2.11. The highest BCUT2D eigenvalue weighted by Gasteiger charge is 2.16. The second-order valence-corrected chi connectivity index (χ2v) is 4.65. The van der Waals surface area contributed by atoms with E-state index in [9.17, 15) is 4.39 Å². The van der Waals surface area contributed by atoms with E-state index < -0.39 is 0 Å². The van der Waals surface area contributed by atoms with Crippen LogP contribution >= 0.6 is 15.9 Å². The van der Waals surface area contributed by atoms with E-state index >= 15 is 0 Å². The highest BCUT2D eigenvalue weighted by atomic mass is 79.9. The minimum atomic E-state index is -0.144. The van der Waals surface area contributed by atoms with Crippen LogP contribution in [0, 0.1) is 11.7 Å². The van der Waals surface area contributed by atoms with Crippen molar-refractivity contribution in [2.75, 3.05) is 13.1 Å². The number of benzene rings is 1. The van der Waals surface area contributed by atoms with E-state index in [-0.39, 0.29) is 5.82 Å². The first kappa shape index (κ1) is 10.1. The number of halogens is 2. The van der Waals surface area contributed by atoms with Crippen LogP contribution in [-0.2, 0) is 6.42 Å². The Balaban J connectivity index is 1.96. The fraction of sp³-hybridized carbons (Fsp3) is 0.455. The van der Waals surface area contributed by atoms with Gasteiger partial charge in [-0.3, -0.25) is 0 Å². The molecule has 3 heteroatoms. The number of hydrogen-bond donors (Lipinski definition) is 1. The van der Waals surface area contributed by atoms with Crippen molar-refractivity contribution in [2.45, 2.75) is 12.8 Å². The molecule has 1 saturated heterocycles. The van der Waals surface area contributed by atoms with Gasteiger partial charge < -0.3 is 5.32 Å². The van der Waals surface area contributed by atoms with Crippen LogP contribution in [0.3, 0.4) is 0 Å². The third-order valence-electron chi connectivity index (χ3n) is 2.70. The minimum Gasteiger partial charge on any atom is -0.316 e. The van der Waals surface area contributed by atoms with Crippen molar-refractivity contribution in [3.05, 3.63) is 34.1 Å². The van der Waals surface area contributed by atoms with Gasteiger partial charge in [0.15, 0.2) is 0 Å². The molecule has 0 atom stereocenters. The van der Waals surface area contributed by atoms with E-state index in [1.807, 2.05) is 0 Å². The van der Waals surface area contributed by atoms with E-state index in [4.69, 9.17) is 0 Å². The highest BCUT2D eigenvalue weighted by Crippen LogP contribution is 2.21. The molecule has 1 fully saturated rings. The lowest BCUT2D eigenvalue weighted by Crippen LogP contribution is -2.42. The molecule has 0 spiro atoms. The Bertz CT molecular complexity index is 323. The summed E-state index contributed by atoms with van der Waals surface area (Å²) in [6.45, 7) is 2.24. The van der Waals surface area contributed by atoms with E-state index in [1.54, 1.807) is 12.1 Å². The van der Waals surface area contributed by atoms with Crippen molar-refractivity contribution in [2.24, 2.45) is 5.92 Å². The SMILES string of the molecule is Fc1ccc(Br)c(CCC2CNC2)c1. The summed E-state index contributed by atoms with van der Waals surface area (Å²) in [6, 6.07) is 4.89. The Kier molecular flexibility index (Phi) is 3.19. The smallest absolute Gasteiger partial charge is 0.123 e. The Labute approximate surface area is 91.8 Å². The van der Waals surface area contributed by atoms with Gasteiger partial charge in [-0.1, -0.05) is 15.9 Å². The standard InChI is InChI=1S/C11H13BrFN/c12-11-4-3-10(13)5-9(11)2-1-8-6-14-7-8/h3-5,8,14H,1-2,6-7H2. The number of hydrogen-bond acceptors (Lipinski definition) is 1. The van der Waals surface area contributed by atoms with Crippen LogP contribution in [0.1, 0.15) is 12.0 Å². The lowest BCUT2D eigenvalue weighted by molar-refractivity contribution is 0.327. The number of nitrogens with one attached hydrogen (secondary N) is 1. The molecule has 1 aliphatic rings. The Morgan fingerprint density at radius 3 is 2.86 bits per heavy atom. The maximum Gasteiger partial charge on any atom is 0.123 e. The summed E-state index contributed by atoms with van der Waals surface area (Å²) in [5.41, 5.74) is 1.08. The highest BCUT2D eigenvalue weighted by molar-refractivity contribution is 9.10. The second kappa shape index (κ2) is 4.41. The zero-order chi connectivity index (χ0) is 9.97. The third-order valence-corrected chi connectivity index (χ3v) is 3.47. The Morgan fingerprint density at radius 1 is 1.43 bits per heavy atom. The normalized spacial score (nSPS) is 16.7. The molecule has 1 aromatic carbocycles. The fourth-order valence-electron chi connectivity index (χ4n) is 1.65. The third kappa shape index (κ3) is 2.34. The molecule has 0 aliphatic carbocycles. The van der Waals surface area contributed by atoms with Gasteiger partial charge in [0.2, 0.25) is 0 Å². The van der Waals surface area contributed by atoms with Crippen LogP contribution in [0.5, 0.6) is 0 Å². The molecule has 1 nitrogen and oxygen atoms in total. The van der Waals surface area contributed by atoms with Crippen molar-refractivity contribution in [1.29, 1.82) is 0 Å². The van der Waals surface area contributed by atoms with E-state index in [2.05, 4.69) is 21.2 Å². The van der Waals surface area contributed by atoms with Gasteiger partial charge in [0.25, 0.3) is 0 Å². The largest absolute Gasteiger partial charge is 0.316 e. The summed E-state index contributed by atoms with van der Waals surface area (Å²) in [7, 11) is 0. The van der Waals surface area contributed by atoms with Gasteiger partial charge in [0.1, 0.15) is 5.82 Å². The van der Waals surface area contributed by atoms with E-state index in [1.165, 1.54) is 6.07 Å². The van der Waals surface area contributed by atoms with Crippen molar-refractivity contribution >= 4 is 15.9 Å². The average Bonchev–Trinajstić information content (AvgIpc) is 2.08. The van der Waals surface area contributed by atoms with Gasteiger partial charge in [-0.25, -0.2) is 4.39 Å². The van der Waals surface area contributed by atoms with Crippen LogP contribution in [0.2, 0.25) is 0 Å². The Hall–Kier alpha value is -0.410. The summed E-state index contributed by atoms with van der Waals surface area (Å²) >= 11 is 3.44. The van der Waals surface area contributed by atoms with Crippen molar-refractivity contribution in [3.8, 4) is 0 Å². The maximum absolute atomic E-state index is 12.9. The van der Waals surface area contributed by atoms with Crippen molar-refractivity contribution in [1.82, 2.24) is 5.32 Å². The molecule has 0 amide bonds. The molecule has 0 radical (unpaired) electrons. The first-order chi connectivity index (χ1) is 6.75. The Morgan fingerprint density at radius 2 is 2.21 bits per heavy atom. The molecule has 1 heterocycles. The monoisotopic (exact) mass is 257 g/mol. The van der Waals surface area contributed by atoms with Crippen LogP contribution in [0.4, 0.5) is 4.39 Å². The average molecular weight is 258 g/mol. The van der Waals surface area contributed by atoms with Crippen LogP contribution in [0.25, 0.3) is 0 Å². The lowest BCUT2D eigenvalue weighted by Gasteiger charge is -2.27. The van der Waals surface area contributed by atoms with Crippen LogP contribution in [0.15, 0.2) is 22.7 Å². The quantitative estimate of drug-likeness (QED) is 0.879. The second-order valence-electron chi connectivity index (χ2n) is 3.80. The molecule has 0 aromatic heterocycles. The molecule has 0 unspecified atom stereocenters. The minimum absolute atomic E-state index is 0.144. The van der Waals surface area contributed by atoms with Crippen molar-refractivity contribution < 1.29 is 4.39 Å². The summed E-state index contributed by atoms with van der Waals surface area (Å²) in [4.78, 5) is 0. The van der Waals surface area contributed by atoms with Crippen LogP contribution < -0.4 is 5.32 Å². The maximum atomic E-state index is 12.9. The predicted molar refractivity (Wildman–Crippen MR) is 58.8 cm³/mol. The summed E-state index contributed by atoms with van der Waals surface area (Å²) < 4.78 is 14.0. The zero-order valence-electron chi connectivity index (χ0n) is 7.89. The van der Waals surface area contributed by atoms with Crippen LogP contribution in [-0.4, -0.2) is 13.1 Å². The molecule has 1 N–H and O–H groups in total. The summed E-state index contributed by atoms with van der Waals surface area (Å²) in [5.74, 6) is 0.639. The molecular formula is C11H13BrFN. The molecular weight excluding hydrogens is 245 g/mol. The van der Waals surface area contributed by atoms with Gasteiger partial charge in [-0.2, -0.15) is 0 Å². The number of aryl methyl sites for hydroxylation is 1. The first-order valence-corrected chi connectivity index (χ1v) is 5.69.